The van der Waals surface area contributed by atoms with E-state index in [0.29, 0.717) is 5.41 Å². The van der Waals surface area contributed by atoms with Gasteiger partial charge >= 0.3 is 0 Å². The Kier molecular flexibility index (Phi) is 6.67. The van der Waals surface area contributed by atoms with Gasteiger partial charge in [0, 0.05) is 0 Å². The standard InChI is InChI=1S/C16H34/c1-9-15(13(5)6)16(8,10-2)11-14(7)12(3)4/h12-15H,9-11H2,1-8H3. The minimum Gasteiger partial charge on any atom is -0.0651 e. The summed E-state index contributed by atoms with van der Waals surface area (Å²) >= 11 is 0. The van der Waals surface area contributed by atoms with Crippen LogP contribution in [0.1, 0.15) is 74.7 Å². The highest BCUT2D eigenvalue weighted by Crippen LogP contribution is 2.44. The maximum atomic E-state index is 2.51. The Morgan fingerprint density at radius 1 is 0.875 bits per heavy atom. The lowest BCUT2D eigenvalue weighted by Gasteiger charge is -2.42. The Morgan fingerprint density at radius 3 is 1.62 bits per heavy atom. The van der Waals surface area contributed by atoms with Gasteiger partial charge in [0.25, 0.3) is 0 Å². The van der Waals surface area contributed by atoms with Crippen molar-refractivity contribution in [3.8, 4) is 0 Å². The summed E-state index contributed by atoms with van der Waals surface area (Å²) in [6, 6.07) is 0. The van der Waals surface area contributed by atoms with Gasteiger partial charge in [0.15, 0.2) is 0 Å². The van der Waals surface area contributed by atoms with E-state index in [1.807, 2.05) is 0 Å². The van der Waals surface area contributed by atoms with Crippen LogP contribution in [0.3, 0.4) is 0 Å². The summed E-state index contributed by atoms with van der Waals surface area (Å²) in [5.74, 6) is 3.35. The van der Waals surface area contributed by atoms with Gasteiger partial charge in [-0.15, -0.1) is 0 Å². The molecule has 0 saturated carbocycles. The fraction of sp³-hybridized carbons (Fsp3) is 1.00. The van der Waals surface area contributed by atoms with E-state index in [-0.39, 0.29) is 0 Å². The molecule has 0 bridgehead atoms. The smallest absolute Gasteiger partial charge is 0.0295 e. The largest absolute Gasteiger partial charge is 0.0651 e. The van der Waals surface area contributed by atoms with E-state index >= 15 is 0 Å². The first-order chi connectivity index (χ1) is 7.28. The molecule has 0 radical (unpaired) electrons. The molecule has 0 fully saturated rings. The maximum Gasteiger partial charge on any atom is -0.0295 e. The van der Waals surface area contributed by atoms with Gasteiger partial charge in [-0.2, -0.15) is 0 Å². The van der Waals surface area contributed by atoms with Gasteiger partial charge in [-0.05, 0) is 35.5 Å². The lowest BCUT2D eigenvalue weighted by Crippen LogP contribution is -2.33. The first kappa shape index (κ1) is 16.0. The summed E-state index contributed by atoms with van der Waals surface area (Å²) in [7, 11) is 0. The summed E-state index contributed by atoms with van der Waals surface area (Å²) in [4.78, 5) is 0. The van der Waals surface area contributed by atoms with E-state index in [4.69, 9.17) is 0 Å². The van der Waals surface area contributed by atoms with Gasteiger partial charge in [-0.25, -0.2) is 0 Å². The van der Waals surface area contributed by atoms with Gasteiger partial charge in [-0.1, -0.05) is 68.2 Å². The Balaban J connectivity index is 4.74. The molecule has 16 heavy (non-hydrogen) atoms. The van der Waals surface area contributed by atoms with Crippen molar-refractivity contribution in [2.24, 2.45) is 29.1 Å². The van der Waals surface area contributed by atoms with Gasteiger partial charge < -0.3 is 0 Å². The molecule has 0 spiro atoms. The summed E-state index contributed by atoms with van der Waals surface area (Å²) in [6.07, 6.45) is 4.03. The highest BCUT2D eigenvalue weighted by molar-refractivity contribution is 4.84. The molecule has 98 valence electrons. The molecular formula is C16H34. The van der Waals surface area contributed by atoms with E-state index in [0.717, 1.165) is 23.7 Å². The SMILES string of the molecule is CCC(C(C)C)C(C)(CC)CC(C)C(C)C. The van der Waals surface area contributed by atoms with Crippen LogP contribution in [0.15, 0.2) is 0 Å². The van der Waals surface area contributed by atoms with Crippen LogP contribution in [0, 0.1) is 29.1 Å². The maximum absolute atomic E-state index is 2.51. The van der Waals surface area contributed by atoms with Gasteiger partial charge in [0.05, 0.1) is 0 Å². The molecule has 0 amide bonds. The highest BCUT2D eigenvalue weighted by Gasteiger charge is 2.34. The third-order valence-corrected chi connectivity index (χ3v) is 4.87. The first-order valence-electron chi connectivity index (χ1n) is 7.28. The highest BCUT2D eigenvalue weighted by atomic mass is 14.4. The lowest BCUT2D eigenvalue weighted by molar-refractivity contribution is 0.0821. The predicted molar refractivity (Wildman–Crippen MR) is 75.6 cm³/mol. The van der Waals surface area contributed by atoms with Crippen molar-refractivity contribution in [1.82, 2.24) is 0 Å². The molecule has 3 atom stereocenters. The van der Waals surface area contributed by atoms with Crippen LogP contribution in [0.2, 0.25) is 0 Å². The Morgan fingerprint density at radius 2 is 1.38 bits per heavy atom. The van der Waals surface area contributed by atoms with Crippen molar-refractivity contribution in [2.75, 3.05) is 0 Å². The summed E-state index contributed by atoms with van der Waals surface area (Å²) < 4.78 is 0. The fourth-order valence-corrected chi connectivity index (χ4v) is 3.30. The van der Waals surface area contributed by atoms with Crippen LogP contribution in [-0.4, -0.2) is 0 Å². The number of hydrogen-bond acceptors (Lipinski definition) is 0. The van der Waals surface area contributed by atoms with Crippen molar-refractivity contribution in [1.29, 1.82) is 0 Å². The van der Waals surface area contributed by atoms with Crippen LogP contribution < -0.4 is 0 Å². The average Bonchev–Trinajstić information content (AvgIpc) is 2.17. The van der Waals surface area contributed by atoms with Crippen molar-refractivity contribution >= 4 is 0 Å². The Hall–Kier alpha value is 0. The summed E-state index contributed by atoms with van der Waals surface area (Å²) in [6.45, 7) is 19.2. The molecule has 0 heterocycles. The molecule has 3 unspecified atom stereocenters. The monoisotopic (exact) mass is 226 g/mol. The third kappa shape index (κ3) is 4.11. The third-order valence-electron chi connectivity index (χ3n) is 4.87. The van der Waals surface area contributed by atoms with Crippen LogP contribution in [-0.2, 0) is 0 Å². The van der Waals surface area contributed by atoms with Crippen molar-refractivity contribution in [2.45, 2.75) is 74.7 Å². The van der Waals surface area contributed by atoms with Crippen LogP contribution in [0.4, 0.5) is 0 Å². The zero-order valence-corrected chi connectivity index (χ0v) is 12.9. The van der Waals surface area contributed by atoms with Crippen LogP contribution in [0.5, 0.6) is 0 Å². The molecule has 0 aliphatic heterocycles. The van der Waals surface area contributed by atoms with E-state index in [9.17, 15) is 0 Å². The molecule has 0 heteroatoms. The molecule has 0 aliphatic carbocycles. The normalized spacial score (nSPS) is 19.9. The quantitative estimate of drug-likeness (QED) is 0.517. The minimum atomic E-state index is 0.534. The van der Waals surface area contributed by atoms with Crippen LogP contribution in [0.25, 0.3) is 0 Å². The van der Waals surface area contributed by atoms with E-state index in [1.54, 1.807) is 0 Å². The minimum absolute atomic E-state index is 0.534. The summed E-state index contributed by atoms with van der Waals surface area (Å²) in [5, 5.41) is 0. The van der Waals surface area contributed by atoms with E-state index < -0.39 is 0 Å². The second-order valence-corrected chi connectivity index (χ2v) is 6.69. The Labute approximate surface area is 104 Å². The molecular weight excluding hydrogens is 192 g/mol. The second-order valence-electron chi connectivity index (χ2n) is 6.69. The topological polar surface area (TPSA) is 0 Å². The van der Waals surface area contributed by atoms with E-state index in [1.165, 1.54) is 19.3 Å². The van der Waals surface area contributed by atoms with E-state index in [2.05, 4.69) is 55.4 Å². The first-order valence-corrected chi connectivity index (χ1v) is 7.28. The van der Waals surface area contributed by atoms with Crippen LogP contribution >= 0.6 is 0 Å². The number of rotatable bonds is 7. The molecule has 0 aromatic heterocycles. The molecule has 0 aromatic carbocycles. The average molecular weight is 226 g/mol. The molecule has 0 N–H and O–H groups in total. The molecule has 0 aliphatic rings. The van der Waals surface area contributed by atoms with Crippen molar-refractivity contribution in [3.63, 3.8) is 0 Å². The fourth-order valence-electron chi connectivity index (χ4n) is 3.30. The zero-order chi connectivity index (χ0) is 12.9. The predicted octanol–water partition coefficient (Wildman–Crippen LogP) is 5.77. The molecule has 0 nitrogen and oxygen atoms in total. The van der Waals surface area contributed by atoms with Crippen molar-refractivity contribution < 1.29 is 0 Å². The van der Waals surface area contributed by atoms with Gasteiger partial charge in [0.2, 0.25) is 0 Å². The molecule has 0 aromatic rings. The second kappa shape index (κ2) is 6.67. The molecule has 0 rings (SSSR count). The number of hydrogen-bond donors (Lipinski definition) is 0. The lowest BCUT2D eigenvalue weighted by atomic mass is 9.64. The zero-order valence-electron chi connectivity index (χ0n) is 12.9. The Bertz CT molecular complexity index is 180. The van der Waals surface area contributed by atoms with Crippen molar-refractivity contribution in [3.05, 3.63) is 0 Å². The van der Waals surface area contributed by atoms with Gasteiger partial charge in [0.1, 0.15) is 0 Å². The molecule has 0 saturated heterocycles. The van der Waals surface area contributed by atoms with Gasteiger partial charge in [-0.3, -0.25) is 0 Å². The summed E-state index contributed by atoms with van der Waals surface area (Å²) in [5.41, 5.74) is 0.534.